The van der Waals surface area contributed by atoms with Crippen LogP contribution in [0.1, 0.15) is 31.1 Å². The molecular formula is C18H21BrN4O. The Morgan fingerprint density at radius 3 is 2.62 bits per heavy atom. The highest BCUT2D eigenvalue weighted by Crippen LogP contribution is 2.19. The summed E-state index contributed by atoms with van der Waals surface area (Å²) >= 11 is 3.38. The fourth-order valence-electron chi connectivity index (χ4n) is 1.96. The average Bonchev–Trinajstić information content (AvgIpc) is 2.52. The van der Waals surface area contributed by atoms with Crippen LogP contribution in [-0.4, -0.2) is 23.7 Å². The van der Waals surface area contributed by atoms with Gasteiger partial charge in [0.1, 0.15) is 5.82 Å². The maximum absolute atomic E-state index is 12.5. The van der Waals surface area contributed by atoms with Gasteiger partial charge in [0.25, 0.3) is 5.91 Å². The minimum atomic E-state index is -0.285. The molecule has 0 atom stereocenters. The zero-order chi connectivity index (χ0) is 17.9. The fourth-order valence-corrected chi connectivity index (χ4v) is 2.31. The van der Waals surface area contributed by atoms with Crippen LogP contribution in [0.3, 0.4) is 0 Å². The maximum Gasteiger partial charge on any atom is 0.256 e. The topological polar surface area (TPSA) is 77.9 Å². The molecule has 126 valence electrons. The number of hydrogen-bond donors (Lipinski definition) is 3. The van der Waals surface area contributed by atoms with Crippen molar-refractivity contribution in [1.29, 1.82) is 5.41 Å². The largest absolute Gasteiger partial charge is 0.375 e. The molecule has 0 saturated heterocycles. The van der Waals surface area contributed by atoms with Gasteiger partial charge in [-0.25, -0.2) is 0 Å². The van der Waals surface area contributed by atoms with E-state index in [1.807, 2.05) is 32.9 Å². The van der Waals surface area contributed by atoms with E-state index < -0.39 is 0 Å². The number of nitrogens with one attached hydrogen (secondary N) is 3. The standard InChI is InChI=1S/C18H21BrN4O/c1-18(2,3)15(20)9-16(21-4)23-17(24)12-6-5-11-7-13(19)10-22-14(11)8-12/h5-10,20-21H,1-4H3,(H,23,24)/b16-9+,20-15?. The zero-order valence-corrected chi connectivity index (χ0v) is 15.8. The summed E-state index contributed by atoms with van der Waals surface area (Å²) < 4.78 is 0.897. The first kappa shape index (κ1) is 18.1. The van der Waals surface area contributed by atoms with Crippen LogP contribution in [-0.2, 0) is 0 Å². The van der Waals surface area contributed by atoms with Gasteiger partial charge in [0.2, 0.25) is 0 Å². The van der Waals surface area contributed by atoms with Crippen LogP contribution in [0.5, 0.6) is 0 Å². The van der Waals surface area contributed by atoms with Crippen LogP contribution >= 0.6 is 15.9 Å². The number of hydrogen-bond acceptors (Lipinski definition) is 4. The van der Waals surface area contributed by atoms with E-state index in [1.165, 1.54) is 0 Å². The Hall–Kier alpha value is -2.21. The third-order valence-electron chi connectivity index (χ3n) is 3.53. The minimum Gasteiger partial charge on any atom is -0.375 e. The summed E-state index contributed by atoms with van der Waals surface area (Å²) in [7, 11) is 1.71. The van der Waals surface area contributed by atoms with Gasteiger partial charge in [0, 0.05) is 39.8 Å². The molecule has 1 aromatic heterocycles. The lowest BCUT2D eigenvalue weighted by molar-refractivity contribution is 0.0964. The molecule has 0 fully saturated rings. The van der Waals surface area contributed by atoms with Gasteiger partial charge in [-0.05, 0) is 40.2 Å². The first-order chi connectivity index (χ1) is 11.2. The lowest BCUT2D eigenvalue weighted by Crippen LogP contribution is -2.31. The number of benzene rings is 1. The number of carbonyl (C=O) groups is 1. The maximum atomic E-state index is 12.5. The molecule has 0 unspecified atom stereocenters. The van der Waals surface area contributed by atoms with E-state index in [1.54, 1.807) is 31.5 Å². The summed E-state index contributed by atoms with van der Waals surface area (Å²) in [6.07, 6.45) is 3.34. The molecule has 1 amide bonds. The Balaban J connectivity index is 2.23. The second-order valence-electron chi connectivity index (χ2n) is 6.49. The van der Waals surface area contributed by atoms with Gasteiger partial charge in [-0.15, -0.1) is 0 Å². The van der Waals surface area contributed by atoms with E-state index in [4.69, 9.17) is 5.41 Å². The van der Waals surface area contributed by atoms with Crippen molar-refractivity contribution in [1.82, 2.24) is 15.6 Å². The molecule has 0 bridgehead atoms. The van der Waals surface area contributed by atoms with Crippen molar-refractivity contribution in [2.45, 2.75) is 20.8 Å². The number of carbonyl (C=O) groups excluding carboxylic acids is 1. The fraction of sp³-hybridized carbons (Fsp3) is 0.278. The number of pyridine rings is 1. The Kier molecular flexibility index (Phi) is 5.39. The molecule has 1 aromatic carbocycles. The lowest BCUT2D eigenvalue weighted by atomic mass is 9.90. The molecule has 0 aliphatic carbocycles. The predicted molar refractivity (Wildman–Crippen MR) is 101 cm³/mol. The van der Waals surface area contributed by atoms with Gasteiger partial charge in [-0.1, -0.05) is 26.8 Å². The molecule has 0 aliphatic heterocycles. The number of nitrogens with zero attached hydrogens (tertiary/aromatic N) is 1. The number of allylic oxidation sites excluding steroid dienone is 1. The van der Waals surface area contributed by atoms with Crippen molar-refractivity contribution in [3.05, 3.63) is 52.4 Å². The Morgan fingerprint density at radius 1 is 1.29 bits per heavy atom. The van der Waals surface area contributed by atoms with Crippen LogP contribution in [0.4, 0.5) is 0 Å². The molecule has 0 radical (unpaired) electrons. The molecule has 2 rings (SSSR count). The molecule has 5 nitrogen and oxygen atoms in total. The number of aromatic nitrogens is 1. The number of rotatable bonds is 4. The SMILES string of the molecule is CN/C(=C\C(=N)C(C)(C)C)NC(=O)c1ccc2cc(Br)cnc2c1. The number of amides is 1. The van der Waals surface area contributed by atoms with Crippen LogP contribution in [0.25, 0.3) is 10.9 Å². The smallest absolute Gasteiger partial charge is 0.256 e. The van der Waals surface area contributed by atoms with Gasteiger partial charge in [0.15, 0.2) is 0 Å². The summed E-state index contributed by atoms with van der Waals surface area (Å²) in [6.45, 7) is 5.86. The number of fused-ring (bicyclic) bond motifs is 1. The predicted octanol–water partition coefficient (Wildman–Crippen LogP) is 3.85. The van der Waals surface area contributed by atoms with Gasteiger partial charge >= 0.3 is 0 Å². The molecule has 6 heteroatoms. The van der Waals surface area contributed by atoms with Crippen molar-refractivity contribution >= 4 is 38.5 Å². The molecule has 0 aliphatic rings. The van der Waals surface area contributed by atoms with Gasteiger partial charge < -0.3 is 16.0 Å². The molecule has 0 spiro atoms. The lowest BCUT2D eigenvalue weighted by Gasteiger charge is -2.18. The van der Waals surface area contributed by atoms with E-state index in [0.29, 0.717) is 17.1 Å². The van der Waals surface area contributed by atoms with E-state index in [0.717, 1.165) is 15.4 Å². The van der Waals surface area contributed by atoms with Crippen LogP contribution in [0.15, 0.2) is 46.8 Å². The van der Waals surface area contributed by atoms with Crippen molar-refractivity contribution in [2.75, 3.05) is 7.05 Å². The van der Waals surface area contributed by atoms with Crippen LogP contribution < -0.4 is 10.6 Å². The average molecular weight is 389 g/mol. The highest BCUT2D eigenvalue weighted by Gasteiger charge is 2.16. The zero-order valence-electron chi connectivity index (χ0n) is 14.2. The third-order valence-corrected chi connectivity index (χ3v) is 3.96. The van der Waals surface area contributed by atoms with E-state index in [9.17, 15) is 4.79 Å². The highest BCUT2D eigenvalue weighted by atomic mass is 79.9. The second kappa shape index (κ2) is 7.13. The second-order valence-corrected chi connectivity index (χ2v) is 7.40. The van der Waals surface area contributed by atoms with E-state index in [-0.39, 0.29) is 11.3 Å². The summed E-state index contributed by atoms with van der Waals surface area (Å²) in [6, 6.07) is 7.32. The van der Waals surface area contributed by atoms with Crippen LogP contribution in [0.2, 0.25) is 0 Å². The normalized spacial score (nSPS) is 12.1. The summed E-state index contributed by atoms with van der Waals surface area (Å²) in [4.78, 5) is 16.8. The van der Waals surface area contributed by atoms with Gasteiger partial charge in [0.05, 0.1) is 5.52 Å². The van der Waals surface area contributed by atoms with E-state index in [2.05, 4.69) is 31.5 Å². The minimum absolute atomic E-state index is 0.246. The molecule has 2 aromatic rings. The molecule has 3 N–H and O–H groups in total. The highest BCUT2D eigenvalue weighted by molar-refractivity contribution is 9.10. The van der Waals surface area contributed by atoms with Crippen molar-refractivity contribution in [2.24, 2.45) is 5.41 Å². The monoisotopic (exact) mass is 388 g/mol. The first-order valence-electron chi connectivity index (χ1n) is 7.56. The quantitative estimate of drug-likeness (QED) is 0.695. The molecule has 1 heterocycles. The molecule has 0 saturated carbocycles. The van der Waals surface area contributed by atoms with Crippen molar-refractivity contribution in [3.63, 3.8) is 0 Å². The number of halogens is 1. The Morgan fingerprint density at radius 2 is 2.00 bits per heavy atom. The van der Waals surface area contributed by atoms with Crippen molar-refractivity contribution in [3.8, 4) is 0 Å². The Bertz CT molecular complexity index is 821. The van der Waals surface area contributed by atoms with Crippen molar-refractivity contribution < 1.29 is 4.79 Å². The van der Waals surface area contributed by atoms with Gasteiger partial charge in [-0.3, -0.25) is 9.78 Å². The Labute approximate surface area is 150 Å². The summed E-state index contributed by atoms with van der Waals surface area (Å²) in [5.74, 6) is 0.243. The van der Waals surface area contributed by atoms with Gasteiger partial charge in [-0.2, -0.15) is 0 Å². The van der Waals surface area contributed by atoms with E-state index >= 15 is 0 Å². The first-order valence-corrected chi connectivity index (χ1v) is 8.35. The summed E-state index contributed by atoms with van der Waals surface area (Å²) in [5.41, 5.74) is 1.41. The third kappa shape index (κ3) is 4.41. The molecular weight excluding hydrogens is 368 g/mol. The molecule has 24 heavy (non-hydrogen) atoms. The summed E-state index contributed by atoms with van der Waals surface area (Å²) in [5, 5.41) is 14.7. The van der Waals surface area contributed by atoms with Crippen LogP contribution in [0, 0.1) is 10.8 Å².